The largest absolute Gasteiger partial charge is 0.206 e. The van der Waals surface area contributed by atoms with E-state index in [1.807, 2.05) is 30.3 Å². The van der Waals surface area contributed by atoms with Gasteiger partial charge in [-0.2, -0.15) is 5.26 Å². The molecule has 2 heteroatoms. The van der Waals surface area contributed by atoms with Crippen molar-refractivity contribution in [1.82, 2.24) is 0 Å². The van der Waals surface area contributed by atoms with Gasteiger partial charge in [0.2, 0.25) is 0 Å². The molecule has 0 bridgehead atoms. The van der Waals surface area contributed by atoms with Gasteiger partial charge in [0, 0.05) is 11.1 Å². The molecular weight excluding hydrogens is 213 g/mol. The first-order valence-corrected chi connectivity index (χ1v) is 5.06. The molecule has 0 aliphatic heterocycles. The van der Waals surface area contributed by atoms with Crippen LogP contribution in [-0.2, 0) is 0 Å². The van der Waals surface area contributed by atoms with E-state index in [0.717, 1.165) is 5.56 Å². The highest BCUT2D eigenvalue weighted by atomic mass is 19.1. The molecule has 80 valence electrons. The molecule has 17 heavy (non-hydrogen) atoms. The maximum absolute atomic E-state index is 13.3. The molecule has 2 aromatic carbocycles. The highest BCUT2D eigenvalue weighted by Gasteiger charge is 2.00. The van der Waals surface area contributed by atoms with Crippen molar-refractivity contribution in [3.63, 3.8) is 0 Å². The van der Waals surface area contributed by atoms with E-state index in [2.05, 4.69) is 11.8 Å². The highest BCUT2D eigenvalue weighted by molar-refractivity contribution is 5.45. The van der Waals surface area contributed by atoms with Crippen molar-refractivity contribution >= 4 is 0 Å². The van der Waals surface area contributed by atoms with Crippen LogP contribution in [0.25, 0.3) is 0 Å². The number of rotatable bonds is 0. The van der Waals surface area contributed by atoms with Crippen molar-refractivity contribution in [2.45, 2.75) is 0 Å². The monoisotopic (exact) mass is 221 g/mol. The molecular formula is C15H8FN. The maximum atomic E-state index is 13.3. The van der Waals surface area contributed by atoms with Crippen LogP contribution in [0.5, 0.6) is 0 Å². The summed E-state index contributed by atoms with van der Waals surface area (Å²) in [4.78, 5) is 0. The van der Waals surface area contributed by atoms with Gasteiger partial charge in [-0.15, -0.1) is 0 Å². The Bertz CT molecular complexity index is 627. The van der Waals surface area contributed by atoms with Crippen molar-refractivity contribution in [1.29, 1.82) is 5.26 Å². The summed E-state index contributed by atoms with van der Waals surface area (Å²) in [5.74, 6) is 5.24. The van der Waals surface area contributed by atoms with Gasteiger partial charge in [0.15, 0.2) is 0 Å². The molecule has 0 saturated heterocycles. The van der Waals surface area contributed by atoms with Crippen molar-refractivity contribution < 1.29 is 4.39 Å². The van der Waals surface area contributed by atoms with E-state index in [4.69, 9.17) is 5.26 Å². The van der Waals surface area contributed by atoms with Gasteiger partial charge in [0.1, 0.15) is 11.9 Å². The van der Waals surface area contributed by atoms with Gasteiger partial charge in [-0.3, -0.25) is 0 Å². The Morgan fingerprint density at radius 2 is 1.59 bits per heavy atom. The third kappa shape index (κ3) is 2.71. The van der Waals surface area contributed by atoms with E-state index >= 15 is 0 Å². The standard InChI is InChI=1S/C15H8FN/c16-15-10-13(8-9-14(15)11-17)7-6-12-4-2-1-3-5-12/h1-5,8-10H. The second-order valence-corrected chi connectivity index (χ2v) is 3.42. The third-order valence-electron chi connectivity index (χ3n) is 2.21. The van der Waals surface area contributed by atoms with E-state index in [-0.39, 0.29) is 5.56 Å². The van der Waals surface area contributed by atoms with Gasteiger partial charge in [0.05, 0.1) is 5.56 Å². The Balaban J connectivity index is 2.30. The molecule has 0 saturated carbocycles. The summed E-state index contributed by atoms with van der Waals surface area (Å²) in [6.07, 6.45) is 0. The third-order valence-corrected chi connectivity index (χ3v) is 2.21. The molecule has 2 rings (SSSR count). The zero-order chi connectivity index (χ0) is 12.1. The van der Waals surface area contributed by atoms with Crippen LogP contribution in [0.4, 0.5) is 4.39 Å². The fourth-order valence-electron chi connectivity index (χ4n) is 1.35. The predicted octanol–water partition coefficient (Wildman–Crippen LogP) is 3.10. The van der Waals surface area contributed by atoms with E-state index < -0.39 is 5.82 Å². The number of hydrogen-bond donors (Lipinski definition) is 0. The van der Waals surface area contributed by atoms with Gasteiger partial charge in [-0.25, -0.2) is 4.39 Å². The summed E-state index contributed by atoms with van der Waals surface area (Å²) < 4.78 is 13.3. The predicted molar refractivity (Wildman–Crippen MR) is 63.5 cm³/mol. The number of nitriles is 1. The van der Waals surface area contributed by atoms with E-state index in [1.165, 1.54) is 12.1 Å². The Morgan fingerprint density at radius 3 is 2.24 bits per heavy atom. The first kappa shape index (κ1) is 10.9. The summed E-state index contributed by atoms with van der Waals surface area (Å²) >= 11 is 0. The molecule has 0 radical (unpaired) electrons. The smallest absolute Gasteiger partial charge is 0.142 e. The lowest BCUT2D eigenvalue weighted by molar-refractivity contribution is 0.623. The van der Waals surface area contributed by atoms with Crippen LogP contribution in [0.2, 0.25) is 0 Å². The minimum Gasteiger partial charge on any atom is -0.206 e. The van der Waals surface area contributed by atoms with Crippen LogP contribution < -0.4 is 0 Å². The molecule has 0 aliphatic rings. The van der Waals surface area contributed by atoms with Crippen LogP contribution in [-0.4, -0.2) is 0 Å². The van der Waals surface area contributed by atoms with Crippen molar-refractivity contribution in [2.24, 2.45) is 0 Å². The van der Waals surface area contributed by atoms with Crippen molar-refractivity contribution in [2.75, 3.05) is 0 Å². The summed E-state index contributed by atoms with van der Waals surface area (Å²) in [5, 5.41) is 8.59. The number of benzene rings is 2. The zero-order valence-corrected chi connectivity index (χ0v) is 8.94. The quantitative estimate of drug-likeness (QED) is 0.627. The molecule has 0 aliphatic carbocycles. The summed E-state index contributed by atoms with van der Waals surface area (Å²) in [6.45, 7) is 0. The minimum absolute atomic E-state index is 0.0373. The van der Waals surface area contributed by atoms with Gasteiger partial charge >= 0.3 is 0 Å². The lowest BCUT2D eigenvalue weighted by Gasteiger charge is -1.93. The fraction of sp³-hybridized carbons (Fsp3) is 0. The molecule has 0 heterocycles. The Hall–Kier alpha value is -2.58. The molecule has 1 nitrogen and oxygen atoms in total. The van der Waals surface area contributed by atoms with Crippen molar-refractivity contribution in [3.05, 3.63) is 71.0 Å². The van der Waals surface area contributed by atoms with Crippen LogP contribution >= 0.6 is 0 Å². The van der Waals surface area contributed by atoms with Gasteiger partial charge in [-0.05, 0) is 30.3 Å². The molecule has 0 aromatic heterocycles. The summed E-state index contributed by atoms with van der Waals surface area (Å²) in [6, 6.07) is 15.6. The average molecular weight is 221 g/mol. The molecule has 0 spiro atoms. The topological polar surface area (TPSA) is 23.8 Å². The number of halogens is 1. The Kier molecular flexibility index (Phi) is 3.19. The van der Waals surface area contributed by atoms with E-state index in [0.29, 0.717) is 5.56 Å². The zero-order valence-electron chi connectivity index (χ0n) is 8.94. The number of hydrogen-bond acceptors (Lipinski definition) is 1. The lowest BCUT2D eigenvalue weighted by Crippen LogP contribution is -1.84. The van der Waals surface area contributed by atoms with Crippen molar-refractivity contribution in [3.8, 4) is 17.9 Å². The molecule has 0 amide bonds. The minimum atomic E-state index is -0.535. The summed E-state index contributed by atoms with van der Waals surface area (Å²) in [7, 11) is 0. The first-order valence-electron chi connectivity index (χ1n) is 5.06. The van der Waals surface area contributed by atoms with Gasteiger partial charge in [-0.1, -0.05) is 30.0 Å². The van der Waals surface area contributed by atoms with Gasteiger partial charge < -0.3 is 0 Å². The Labute approximate surface area is 99.1 Å². The Morgan fingerprint density at radius 1 is 0.882 bits per heavy atom. The van der Waals surface area contributed by atoms with Crippen LogP contribution in [0.1, 0.15) is 16.7 Å². The second kappa shape index (κ2) is 4.96. The normalized spacial score (nSPS) is 8.94. The molecule has 0 N–H and O–H groups in total. The molecule has 0 fully saturated rings. The van der Waals surface area contributed by atoms with Crippen LogP contribution in [0.3, 0.4) is 0 Å². The second-order valence-electron chi connectivity index (χ2n) is 3.42. The maximum Gasteiger partial charge on any atom is 0.142 e. The first-order chi connectivity index (χ1) is 8.29. The molecule has 0 unspecified atom stereocenters. The SMILES string of the molecule is N#Cc1ccc(C#Cc2ccccc2)cc1F. The molecule has 2 aromatic rings. The van der Waals surface area contributed by atoms with Crippen LogP contribution in [0.15, 0.2) is 48.5 Å². The van der Waals surface area contributed by atoms with E-state index in [9.17, 15) is 4.39 Å². The highest BCUT2D eigenvalue weighted by Crippen LogP contribution is 2.08. The number of nitrogens with zero attached hydrogens (tertiary/aromatic N) is 1. The van der Waals surface area contributed by atoms with Crippen LogP contribution in [0, 0.1) is 29.0 Å². The lowest BCUT2D eigenvalue weighted by atomic mass is 10.1. The summed E-state index contributed by atoms with van der Waals surface area (Å²) in [5.41, 5.74) is 1.47. The fourth-order valence-corrected chi connectivity index (χ4v) is 1.35. The molecule has 0 atom stereocenters. The van der Waals surface area contributed by atoms with E-state index in [1.54, 1.807) is 12.1 Å². The van der Waals surface area contributed by atoms with Gasteiger partial charge in [0.25, 0.3) is 0 Å². The average Bonchev–Trinajstić information content (AvgIpc) is 2.38.